The average molecular weight is 513 g/mol. The second kappa shape index (κ2) is 11.9. The van der Waals surface area contributed by atoms with E-state index in [0.717, 1.165) is 16.0 Å². The van der Waals surface area contributed by atoms with Gasteiger partial charge in [0, 0.05) is 5.56 Å². The lowest BCUT2D eigenvalue weighted by Crippen LogP contribution is -2.54. The van der Waals surface area contributed by atoms with Crippen LogP contribution in [0.2, 0.25) is 0 Å². The number of barbiturate groups is 1. The van der Waals surface area contributed by atoms with Crippen molar-refractivity contribution in [1.82, 2.24) is 5.32 Å². The molecule has 0 spiro atoms. The summed E-state index contributed by atoms with van der Waals surface area (Å²) in [6.45, 7) is 6.42. The molecule has 0 atom stereocenters. The largest absolute Gasteiger partial charge is 0.497 e. The van der Waals surface area contributed by atoms with Crippen molar-refractivity contribution in [1.29, 1.82) is 0 Å². The number of allylic oxidation sites excluding steroid dienone is 1. The summed E-state index contributed by atoms with van der Waals surface area (Å²) in [5, 5.41) is 2.24. The minimum Gasteiger partial charge on any atom is -0.497 e. The van der Waals surface area contributed by atoms with Crippen LogP contribution >= 0.6 is 0 Å². The fourth-order valence-electron chi connectivity index (χ4n) is 4.02. The molecule has 0 bridgehead atoms. The molecule has 1 aliphatic heterocycles. The van der Waals surface area contributed by atoms with E-state index in [4.69, 9.17) is 14.2 Å². The second-order valence-electron chi connectivity index (χ2n) is 8.36. The molecule has 8 heteroatoms. The van der Waals surface area contributed by atoms with Crippen molar-refractivity contribution in [3.8, 4) is 17.2 Å². The van der Waals surface area contributed by atoms with Crippen molar-refractivity contribution < 1.29 is 28.6 Å². The van der Waals surface area contributed by atoms with Crippen LogP contribution in [0.3, 0.4) is 0 Å². The van der Waals surface area contributed by atoms with Crippen LogP contribution in [-0.4, -0.2) is 31.6 Å². The first-order valence-corrected chi connectivity index (χ1v) is 12.1. The highest BCUT2D eigenvalue weighted by Gasteiger charge is 2.37. The first-order valence-electron chi connectivity index (χ1n) is 12.1. The SMILES string of the molecule is C=CCc1cc(/C=C2\C(=O)NC(=O)N(c3ccc(OC)cc3)C2=O)cc(OCC)c1OCc1ccccc1. The molecular formula is C30H28N2O6. The van der Waals surface area contributed by atoms with Crippen LogP contribution in [0.5, 0.6) is 17.2 Å². The molecule has 3 aromatic rings. The van der Waals surface area contributed by atoms with Crippen LogP contribution in [0.25, 0.3) is 6.08 Å². The number of carbonyl (C=O) groups is 3. The molecule has 0 unspecified atom stereocenters. The lowest BCUT2D eigenvalue weighted by molar-refractivity contribution is -0.122. The van der Waals surface area contributed by atoms with E-state index in [1.54, 1.807) is 36.4 Å². The Morgan fingerprint density at radius 3 is 2.37 bits per heavy atom. The van der Waals surface area contributed by atoms with E-state index in [1.807, 2.05) is 43.3 Å². The van der Waals surface area contributed by atoms with Crippen molar-refractivity contribution in [3.05, 3.63) is 102 Å². The van der Waals surface area contributed by atoms with Gasteiger partial charge < -0.3 is 14.2 Å². The van der Waals surface area contributed by atoms with Gasteiger partial charge in [0.1, 0.15) is 17.9 Å². The summed E-state index contributed by atoms with van der Waals surface area (Å²) in [7, 11) is 1.52. The summed E-state index contributed by atoms with van der Waals surface area (Å²) in [5.41, 5.74) is 2.43. The summed E-state index contributed by atoms with van der Waals surface area (Å²) in [4.78, 5) is 39.5. The minimum absolute atomic E-state index is 0.189. The van der Waals surface area contributed by atoms with Crippen LogP contribution in [0.1, 0.15) is 23.6 Å². The molecule has 4 amide bonds. The third-order valence-corrected chi connectivity index (χ3v) is 5.79. The van der Waals surface area contributed by atoms with Crippen LogP contribution in [0.15, 0.2) is 85.0 Å². The maximum absolute atomic E-state index is 13.3. The first-order chi connectivity index (χ1) is 18.4. The van der Waals surface area contributed by atoms with E-state index in [9.17, 15) is 14.4 Å². The topological polar surface area (TPSA) is 94.2 Å². The number of benzene rings is 3. The maximum atomic E-state index is 13.3. The number of anilines is 1. The Balaban J connectivity index is 1.71. The predicted molar refractivity (Wildman–Crippen MR) is 144 cm³/mol. The van der Waals surface area contributed by atoms with E-state index < -0.39 is 17.8 Å². The number of hydrogen-bond donors (Lipinski definition) is 1. The zero-order valence-electron chi connectivity index (χ0n) is 21.2. The molecular weight excluding hydrogens is 484 g/mol. The molecule has 1 heterocycles. The van der Waals surface area contributed by atoms with E-state index in [2.05, 4.69) is 11.9 Å². The number of urea groups is 1. The Morgan fingerprint density at radius 1 is 0.974 bits per heavy atom. The van der Waals surface area contributed by atoms with Gasteiger partial charge >= 0.3 is 6.03 Å². The Kier molecular flexibility index (Phi) is 8.23. The summed E-state index contributed by atoms with van der Waals surface area (Å²) in [5.74, 6) is 0.0841. The Labute approximate surface area is 221 Å². The molecule has 1 aliphatic rings. The number of carbonyl (C=O) groups excluding carboxylic acids is 3. The number of imide groups is 2. The monoisotopic (exact) mass is 512 g/mol. The summed E-state index contributed by atoms with van der Waals surface area (Å²) < 4.78 is 17.2. The Hall–Kier alpha value is -4.85. The number of methoxy groups -OCH3 is 1. The zero-order chi connectivity index (χ0) is 27.1. The highest BCUT2D eigenvalue weighted by molar-refractivity contribution is 6.39. The molecule has 8 nitrogen and oxygen atoms in total. The number of nitrogens with one attached hydrogen (secondary N) is 1. The number of amides is 4. The van der Waals surface area contributed by atoms with Gasteiger partial charge in [-0.3, -0.25) is 14.9 Å². The number of nitrogens with zero attached hydrogens (tertiary/aromatic N) is 1. The smallest absolute Gasteiger partial charge is 0.335 e. The van der Waals surface area contributed by atoms with Gasteiger partial charge in [-0.25, -0.2) is 9.69 Å². The zero-order valence-corrected chi connectivity index (χ0v) is 21.2. The average Bonchev–Trinajstić information content (AvgIpc) is 2.92. The van der Waals surface area contributed by atoms with Gasteiger partial charge in [0.05, 0.1) is 19.4 Å². The first kappa shape index (κ1) is 26.2. The normalized spacial score (nSPS) is 14.3. The molecule has 1 saturated heterocycles. The lowest BCUT2D eigenvalue weighted by atomic mass is 10.0. The molecule has 38 heavy (non-hydrogen) atoms. The minimum atomic E-state index is -0.825. The van der Waals surface area contributed by atoms with Crippen molar-refractivity contribution in [2.24, 2.45) is 0 Å². The van der Waals surface area contributed by atoms with Gasteiger partial charge in [-0.15, -0.1) is 6.58 Å². The molecule has 0 aliphatic carbocycles. The Bertz CT molecular complexity index is 1380. The van der Waals surface area contributed by atoms with Crippen LogP contribution < -0.4 is 24.4 Å². The van der Waals surface area contributed by atoms with Crippen LogP contribution in [0, 0.1) is 0 Å². The third-order valence-electron chi connectivity index (χ3n) is 5.79. The van der Waals surface area contributed by atoms with E-state index in [1.165, 1.54) is 13.2 Å². The van der Waals surface area contributed by atoms with Crippen LogP contribution in [-0.2, 0) is 22.6 Å². The van der Waals surface area contributed by atoms with Gasteiger partial charge in [0.15, 0.2) is 11.5 Å². The van der Waals surface area contributed by atoms with Crippen molar-refractivity contribution in [3.63, 3.8) is 0 Å². The van der Waals surface area contributed by atoms with Gasteiger partial charge in [-0.2, -0.15) is 0 Å². The molecule has 3 aromatic carbocycles. The summed E-state index contributed by atoms with van der Waals surface area (Å²) in [6.07, 6.45) is 3.65. The standard InChI is InChI=1S/C30H28N2O6/c1-4-9-22-16-21(18-26(37-5-2)27(22)38-19-20-10-7-6-8-11-20)17-25-28(33)31-30(35)32(29(25)34)23-12-14-24(36-3)15-13-23/h4,6-8,10-18H,1,5,9,19H2,2-3H3,(H,31,33,35)/b25-17+. The van der Waals surface area contributed by atoms with E-state index in [0.29, 0.717) is 48.1 Å². The lowest BCUT2D eigenvalue weighted by Gasteiger charge is -2.26. The number of rotatable bonds is 10. The molecule has 4 rings (SSSR count). The molecule has 1 fully saturated rings. The van der Waals surface area contributed by atoms with E-state index >= 15 is 0 Å². The second-order valence-corrected chi connectivity index (χ2v) is 8.36. The van der Waals surface area contributed by atoms with E-state index in [-0.39, 0.29) is 5.57 Å². The number of hydrogen-bond acceptors (Lipinski definition) is 6. The summed E-state index contributed by atoms with van der Waals surface area (Å²) >= 11 is 0. The van der Waals surface area contributed by atoms with Gasteiger partial charge in [-0.1, -0.05) is 36.4 Å². The summed E-state index contributed by atoms with van der Waals surface area (Å²) in [6, 6.07) is 18.8. The highest BCUT2D eigenvalue weighted by atomic mass is 16.5. The predicted octanol–water partition coefficient (Wildman–Crippen LogP) is 5.07. The van der Waals surface area contributed by atoms with Crippen molar-refractivity contribution in [2.75, 3.05) is 18.6 Å². The quantitative estimate of drug-likeness (QED) is 0.232. The number of ether oxygens (including phenoxy) is 3. The molecule has 0 saturated carbocycles. The van der Waals surface area contributed by atoms with Crippen LogP contribution in [0.4, 0.5) is 10.5 Å². The van der Waals surface area contributed by atoms with Gasteiger partial charge in [0.25, 0.3) is 11.8 Å². The third kappa shape index (κ3) is 5.75. The maximum Gasteiger partial charge on any atom is 0.335 e. The van der Waals surface area contributed by atoms with Gasteiger partial charge in [-0.05, 0) is 66.9 Å². The molecule has 0 radical (unpaired) electrons. The molecule has 194 valence electrons. The fraction of sp³-hybridized carbons (Fsp3) is 0.167. The fourth-order valence-corrected chi connectivity index (χ4v) is 4.02. The molecule has 0 aromatic heterocycles. The Morgan fingerprint density at radius 2 is 1.71 bits per heavy atom. The highest BCUT2D eigenvalue weighted by Crippen LogP contribution is 2.36. The van der Waals surface area contributed by atoms with Gasteiger partial charge in [0.2, 0.25) is 0 Å². The molecule has 1 N–H and O–H groups in total. The van der Waals surface area contributed by atoms with Crippen molar-refractivity contribution >= 4 is 29.6 Å². The van der Waals surface area contributed by atoms with Crippen molar-refractivity contribution in [2.45, 2.75) is 20.0 Å².